The molecule has 0 bridgehead atoms. The van der Waals surface area contributed by atoms with Gasteiger partial charge in [-0.25, -0.2) is 4.79 Å². The maximum absolute atomic E-state index is 13.3. The lowest BCUT2D eigenvalue weighted by atomic mass is 9.94. The molecule has 2 aliphatic heterocycles. The molecule has 190 valence electrons. The fraction of sp³-hybridized carbons (Fsp3) is 0.370. The van der Waals surface area contributed by atoms with Crippen LogP contribution in [0.3, 0.4) is 0 Å². The van der Waals surface area contributed by atoms with Gasteiger partial charge in [0.2, 0.25) is 0 Å². The Morgan fingerprint density at radius 2 is 1.67 bits per heavy atom. The van der Waals surface area contributed by atoms with Crippen molar-refractivity contribution in [1.29, 1.82) is 0 Å². The highest BCUT2D eigenvalue weighted by atomic mass is 16.6. The highest BCUT2D eigenvalue weighted by Gasteiger charge is 2.46. The Labute approximate surface area is 209 Å². The van der Waals surface area contributed by atoms with E-state index in [0.717, 1.165) is 13.1 Å². The summed E-state index contributed by atoms with van der Waals surface area (Å²) >= 11 is 0. The van der Waals surface area contributed by atoms with Gasteiger partial charge in [-0.15, -0.1) is 0 Å². The van der Waals surface area contributed by atoms with E-state index in [0.29, 0.717) is 54.5 Å². The molecule has 1 atom stereocenters. The zero-order valence-electron chi connectivity index (χ0n) is 20.7. The number of methoxy groups -OCH3 is 1. The van der Waals surface area contributed by atoms with Crippen LogP contribution < -0.4 is 9.47 Å². The number of ether oxygens (including phenoxy) is 3. The summed E-state index contributed by atoms with van der Waals surface area (Å²) in [5.41, 5.74) is 1.27. The van der Waals surface area contributed by atoms with Gasteiger partial charge < -0.3 is 29.1 Å². The van der Waals surface area contributed by atoms with Crippen LogP contribution in [0.15, 0.2) is 48.0 Å². The van der Waals surface area contributed by atoms with Crippen LogP contribution >= 0.6 is 0 Å². The average Bonchev–Trinajstić information content (AvgIpc) is 3.17. The third-order valence-electron chi connectivity index (χ3n) is 6.55. The number of esters is 1. The number of carbonyl (C=O) groups excluding carboxylic acids is 3. The van der Waals surface area contributed by atoms with Crippen LogP contribution in [0.4, 0.5) is 0 Å². The summed E-state index contributed by atoms with van der Waals surface area (Å²) in [5.74, 6) is -1.22. The lowest BCUT2D eigenvalue weighted by Gasteiger charge is -2.28. The number of nitrogens with zero attached hydrogens (tertiary/aromatic N) is 2. The minimum Gasteiger partial charge on any atom is -0.507 e. The number of hydrogen-bond donors (Lipinski definition) is 1. The van der Waals surface area contributed by atoms with Crippen LogP contribution in [0.25, 0.3) is 5.76 Å². The molecule has 36 heavy (non-hydrogen) atoms. The van der Waals surface area contributed by atoms with E-state index in [2.05, 4.69) is 4.90 Å². The van der Waals surface area contributed by atoms with Crippen LogP contribution in [0.5, 0.6) is 11.5 Å². The molecule has 1 amide bonds. The predicted octanol–water partition coefficient (Wildman–Crippen LogP) is 3.01. The number of aliphatic hydroxyl groups excluding tert-OH is 1. The summed E-state index contributed by atoms with van der Waals surface area (Å²) in [4.78, 5) is 42.0. The molecule has 1 fully saturated rings. The van der Waals surface area contributed by atoms with Gasteiger partial charge in [-0.3, -0.25) is 9.59 Å². The van der Waals surface area contributed by atoms with E-state index < -0.39 is 23.7 Å². The molecule has 4 rings (SSSR count). The van der Waals surface area contributed by atoms with Crippen LogP contribution in [0, 0.1) is 0 Å². The molecule has 2 heterocycles. The van der Waals surface area contributed by atoms with Gasteiger partial charge in [-0.05, 0) is 49.0 Å². The molecular weight excluding hydrogens is 464 g/mol. The monoisotopic (exact) mass is 494 g/mol. The van der Waals surface area contributed by atoms with Crippen molar-refractivity contribution in [3.05, 3.63) is 64.7 Å². The first-order chi connectivity index (χ1) is 17.4. The number of carbonyl (C=O) groups is 3. The predicted molar refractivity (Wildman–Crippen MR) is 132 cm³/mol. The summed E-state index contributed by atoms with van der Waals surface area (Å²) in [6.45, 7) is 7.34. The third-order valence-corrected chi connectivity index (χ3v) is 6.55. The summed E-state index contributed by atoms with van der Waals surface area (Å²) in [6, 6.07) is 10.6. The number of likely N-dealkylation sites (tertiary alicyclic amines) is 1. The van der Waals surface area contributed by atoms with E-state index in [1.165, 1.54) is 12.0 Å². The molecule has 0 aliphatic carbocycles. The smallest absolute Gasteiger partial charge is 0.337 e. The maximum atomic E-state index is 13.3. The molecule has 2 aromatic carbocycles. The van der Waals surface area contributed by atoms with Crippen molar-refractivity contribution in [3.63, 3.8) is 0 Å². The highest BCUT2D eigenvalue weighted by Crippen LogP contribution is 2.41. The molecule has 1 unspecified atom stereocenters. The molecular formula is C27H30N2O7. The highest BCUT2D eigenvalue weighted by molar-refractivity contribution is 6.46. The first kappa shape index (κ1) is 25.2. The Balaban J connectivity index is 1.78. The second kappa shape index (κ2) is 10.8. The minimum atomic E-state index is -0.819. The Hall–Kier alpha value is -3.85. The Bertz CT molecular complexity index is 1190. The van der Waals surface area contributed by atoms with Crippen LogP contribution in [0.2, 0.25) is 0 Å². The Kier molecular flexibility index (Phi) is 7.59. The number of Topliss-reactive ketones (excluding diaryl/α,β-unsaturated/α-hetero) is 1. The summed E-state index contributed by atoms with van der Waals surface area (Å²) in [6.07, 6.45) is 0. The zero-order valence-corrected chi connectivity index (χ0v) is 20.7. The standard InChI is InChI=1S/C27H30N2O7/c1-4-28(5-2)12-13-29-23(17-6-8-18(9-7-17)27(33)34-3)22(25(31)26(29)32)24(30)19-10-11-20-21(16-19)36-15-14-35-20/h6-11,16,23,30H,4-5,12-15H2,1-3H3/b24-22-. The quantitative estimate of drug-likeness (QED) is 0.258. The number of ketones is 1. The molecule has 2 aromatic rings. The van der Waals surface area contributed by atoms with Crippen molar-refractivity contribution in [2.75, 3.05) is 46.5 Å². The number of benzene rings is 2. The Morgan fingerprint density at radius 3 is 2.31 bits per heavy atom. The van der Waals surface area contributed by atoms with Gasteiger partial charge in [0, 0.05) is 18.7 Å². The minimum absolute atomic E-state index is 0.0120. The third kappa shape index (κ3) is 4.79. The second-order valence-electron chi connectivity index (χ2n) is 8.49. The second-order valence-corrected chi connectivity index (χ2v) is 8.49. The molecule has 2 aliphatic rings. The Morgan fingerprint density at radius 1 is 1.03 bits per heavy atom. The van der Waals surface area contributed by atoms with Gasteiger partial charge in [-0.2, -0.15) is 0 Å². The zero-order chi connectivity index (χ0) is 25.8. The van der Waals surface area contributed by atoms with E-state index in [9.17, 15) is 19.5 Å². The first-order valence-corrected chi connectivity index (χ1v) is 12.0. The van der Waals surface area contributed by atoms with Gasteiger partial charge in [0.05, 0.1) is 24.3 Å². The fourth-order valence-corrected chi connectivity index (χ4v) is 4.51. The number of amides is 1. The van der Waals surface area contributed by atoms with E-state index in [4.69, 9.17) is 14.2 Å². The SMILES string of the molecule is CCN(CC)CCN1C(=O)C(=O)/C(=C(\O)c2ccc3c(c2)OCCO3)C1c1ccc(C(=O)OC)cc1. The largest absolute Gasteiger partial charge is 0.507 e. The summed E-state index contributed by atoms with van der Waals surface area (Å²) in [7, 11) is 1.30. The fourth-order valence-electron chi connectivity index (χ4n) is 4.51. The average molecular weight is 495 g/mol. The van der Waals surface area contributed by atoms with Crippen molar-refractivity contribution in [2.45, 2.75) is 19.9 Å². The molecule has 0 saturated carbocycles. The number of aliphatic hydroxyl groups is 1. The van der Waals surface area contributed by atoms with Crippen molar-refractivity contribution in [2.24, 2.45) is 0 Å². The normalized spacial score (nSPS) is 18.6. The molecule has 0 aromatic heterocycles. The topological polar surface area (TPSA) is 106 Å². The molecule has 9 heteroatoms. The number of rotatable bonds is 8. The van der Waals surface area contributed by atoms with Crippen LogP contribution in [-0.4, -0.2) is 79.1 Å². The van der Waals surface area contributed by atoms with E-state index in [1.807, 2.05) is 13.8 Å². The molecule has 0 radical (unpaired) electrons. The summed E-state index contributed by atoms with van der Waals surface area (Å²) in [5, 5.41) is 11.3. The molecule has 1 saturated heterocycles. The van der Waals surface area contributed by atoms with Crippen LogP contribution in [-0.2, 0) is 14.3 Å². The van der Waals surface area contributed by atoms with E-state index in [-0.39, 0.29) is 11.3 Å². The lowest BCUT2D eigenvalue weighted by Crippen LogP contribution is -2.38. The number of fused-ring (bicyclic) bond motifs is 1. The van der Waals surface area contributed by atoms with Crippen molar-refractivity contribution in [3.8, 4) is 11.5 Å². The van der Waals surface area contributed by atoms with Gasteiger partial charge in [0.15, 0.2) is 11.5 Å². The van der Waals surface area contributed by atoms with Gasteiger partial charge >= 0.3 is 5.97 Å². The van der Waals surface area contributed by atoms with Crippen molar-refractivity contribution >= 4 is 23.4 Å². The van der Waals surface area contributed by atoms with Gasteiger partial charge in [0.25, 0.3) is 11.7 Å². The number of hydrogen-bond acceptors (Lipinski definition) is 8. The van der Waals surface area contributed by atoms with Crippen molar-refractivity contribution in [1.82, 2.24) is 9.80 Å². The van der Waals surface area contributed by atoms with Gasteiger partial charge in [-0.1, -0.05) is 26.0 Å². The number of likely N-dealkylation sites (N-methyl/N-ethyl adjacent to an activating group) is 1. The molecule has 9 nitrogen and oxygen atoms in total. The van der Waals surface area contributed by atoms with E-state index in [1.54, 1.807) is 42.5 Å². The lowest BCUT2D eigenvalue weighted by molar-refractivity contribution is -0.140. The van der Waals surface area contributed by atoms with Gasteiger partial charge in [0.1, 0.15) is 19.0 Å². The van der Waals surface area contributed by atoms with Crippen LogP contribution in [0.1, 0.15) is 41.4 Å². The molecule has 1 N–H and O–H groups in total. The molecule has 0 spiro atoms. The van der Waals surface area contributed by atoms with E-state index >= 15 is 0 Å². The maximum Gasteiger partial charge on any atom is 0.337 e. The first-order valence-electron chi connectivity index (χ1n) is 12.0. The summed E-state index contributed by atoms with van der Waals surface area (Å²) < 4.78 is 15.9. The van der Waals surface area contributed by atoms with Crippen molar-refractivity contribution < 1.29 is 33.7 Å².